The maximum absolute atomic E-state index is 5.28. The summed E-state index contributed by atoms with van der Waals surface area (Å²) >= 11 is 0. The SMILES string of the molecule is c1ccc(C2(c3ccc(-c4cc(-c5ccc6ccccc6c5)c5ccccc5n4)cc3)c3ccccc3C3(c4ccccc4)c4ccccc4-c4cccc2c43)cc1. The third-order valence-electron chi connectivity index (χ3n) is 13.0. The van der Waals surface area contributed by atoms with Gasteiger partial charge < -0.3 is 0 Å². The molecular formula is C57H37N. The van der Waals surface area contributed by atoms with Crippen LogP contribution in [0.5, 0.6) is 0 Å². The van der Waals surface area contributed by atoms with Gasteiger partial charge in [-0.3, -0.25) is 0 Å². The van der Waals surface area contributed by atoms with E-state index in [9.17, 15) is 0 Å². The summed E-state index contributed by atoms with van der Waals surface area (Å²) in [4.78, 5) is 5.28. The van der Waals surface area contributed by atoms with Crippen molar-refractivity contribution in [1.29, 1.82) is 0 Å². The number of fused-ring (bicyclic) bond motifs is 7. The average Bonchev–Trinajstić information content (AvgIpc) is 3.61. The Balaban J connectivity index is 1.11. The molecule has 0 bridgehead atoms. The van der Waals surface area contributed by atoms with Crippen LogP contribution in [0.1, 0.15) is 44.5 Å². The first-order chi connectivity index (χ1) is 28.8. The van der Waals surface area contributed by atoms with Crippen LogP contribution in [-0.4, -0.2) is 4.98 Å². The van der Waals surface area contributed by atoms with Gasteiger partial charge in [-0.15, -0.1) is 0 Å². The van der Waals surface area contributed by atoms with E-state index in [2.05, 4.69) is 224 Å². The highest BCUT2D eigenvalue weighted by molar-refractivity contribution is 5.99. The van der Waals surface area contributed by atoms with Gasteiger partial charge in [0.25, 0.3) is 0 Å². The van der Waals surface area contributed by atoms with E-state index in [4.69, 9.17) is 4.98 Å². The maximum atomic E-state index is 5.28. The number of rotatable bonds is 5. The normalized spacial score (nSPS) is 17.4. The Morgan fingerprint density at radius 2 is 0.862 bits per heavy atom. The van der Waals surface area contributed by atoms with Gasteiger partial charge in [-0.1, -0.05) is 206 Å². The van der Waals surface area contributed by atoms with Crippen LogP contribution in [0.25, 0.3) is 55.2 Å². The lowest BCUT2D eigenvalue weighted by Gasteiger charge is -2.49. The van der Waals surface area contributed by atoms with Crippen molar-refractivity contribution in [2.45, 2.75) is 10.8 Å². The summed E-state index contributed by atoms with van der Waals surface area (Å²) in [6, 6.07) is 83.1. The Morgan fingerprint density at radius 3 is 1.64 bits per heavy atom. The van der Waals surface area contributed by atoms with Crippen LogP contribution in [-0.2, 0) is 10.8 Å². The van der Waals surface area contributed by atoms with Crippen LogP contribution >= 0.6 is 0 Å². The van der Waals surface area contributed by atoms with Gasteiger partial charge in [0, 0.05) is 10.9 Å². The minimum absolute atomic E-state index is 0.466. The molecule has 0 N–H and O–H groups in total. The van der Waals surface area contributed by atoms with Crippen molar-refractivity contribution in [2.75, 3.05) is 0 Å². The first kappa shape index (κ1) is 32.9. The quantitative estimate of drug-likeness (QED) is 0.171. The first-order valence-corrected chi connectivity index (χ1v) is 20.2. The molecule has 0 radical (unpaired) electrons. The van der Waals surface area contributed by atoms with Crippen molar-refractivity contribution >= 4 is 21.7 Å². The minimum atomic E-state index is -0.588. The second-order valence-corrected chi connectivity index (χ2v) is 15.8. The molecule has 2 atom stereocenters. The number of hydrogen-bond donors (Lipinski definition) is 0. The van der Waals surface area contributed by atoms with Gasteiger partial charge in [0.1, 0.15) is 0 Å². The highest BCUT2D eigenvalue weighted by Gasteiger charge is 2.57. The molecule has 0 amide bonds. The summed E-state index contributed by atoms with van der Waals surface area (Å²) in [5.74, 6) is 0. The number of aromatic nitrogens is 1. The van der Waals surface area contributed by atoms with Crippen molar-refractivity contribution in [3.05, 3.63) is 269 Å². The second-order valence-electron chi connectivity index (χ2n) is 15.8. The van der Waals surface area contributed by atoms with Crippen LogP contribution in [0.2, 0.25) is 0 Å². The molecule has 2 aliphatic carbocycles. The molecule has 2 unspecified atom stereocenters. The molecule has 1 aromatic heterocycles. The Morgan fingerprint density at radius 1 is 0.310 bits per heavy atom. The Hall–Kier alpha value is -7.35. The standard InChI is InChI=1S/C57H37N/c1-3-18-42(19-4-1)56(44-34-32-39(33-35-44)54-37-48(46-23-10-14-29-53(46)58-54)41-31-30-38-16-7-8-17-40(38)36-41)50-26-12-13-27-51(50)57(43-20-5-2-6-21-43)49-25-11-9-22-45(49)47-24-15-28-52(56)55(47)57/h1-37H. The van der Waals surface area contributed by atoms with Crippen molar-refractivity contribution in [2.24, 2.45) is 0 Å². The molecule has 10 aromatic rings. The molecule has 0 aliphatic heterocycles. The molecule has 2 aliphatic rings. The number of nitrogens with zero attached hydrogens (tertiary/aromatic N) is 1. The molecular weight excluding hydrogens is 699 g/mol. The van der Waals surface area contributed by atoms with Gasteiger partial charge >= 0.3 is 0 Å². The maximum Gasteiger partial charge on any atom is 0.0720 e. The Kier molecular flexibility index (Phi) is 7.13. The van der Waals surface area contributed by atoms with Crippen molar-refractivity contribution in [1.82, 2.24) is 4.98 Å². The monoisotopic (exact) mass is 735 g/mol. The lowest BCUT2D eigenvalue weighted by molar-refractivity contribution is 0.627. The summed E-state index contributed by atoms with van der Waals surface area (Å²) in [6.45, 7) is 0. The fraction of sp³-hybridized carbons (Fsp3) is 0.0351. The molecule has 58 heavy (non-hydrogen) atoms. The third-order valence-corrected chi connectivity index (χ3v) is 13.0. The molecule has 0 spiro atoms. The zero-order valence-corrected chi connectivity index (χ0v) is 31.8. The van der Waals surface area contributed by atoms with E-state index in [0.29, 0.717) is 0 Å². The predicted octanol–water partition coefficient (Wildman–Crippen LogP) is 13.8. The van der Waals surface area contributed by atoms with E-state index >= 15 is 0 Å². The van der Waals surface area contributed by atoms with E-state index in [1.807, 2.05) is 0 Å². The zero-order valence-electron chi connectivity index (χ0n) is 31.8. The molecule has 0 saturated carbocycles. The van der Waals surface area contributed by atoms with Gasteiger partial charge in [-0.2, -0.15) is 0 Å². The van der Waals surface area contributed by atoms with Crippen molar-refractivity contribution in [3.63, 3.8) is 0 Å². The van der Waals surface area contributed by atoms with Gasteiger partial charge in [0.05, 0.1) is 22.0 Å². The van der Waals surface area contributed by atoms with Gasteiger partial charge in [-0.25, -0.2) is 4.98 Å². The van der Waals surface area contributed by atoms with Gasteiger partial charge in [0.15, 0.2) is 0 Å². The number of benzene rings is 9. The summed E-state index contributed by atoms with van der Waals surface area (Å²) in [5.41, 5.74) is 17.5. The van der Waals surface area contributed by atoms with Crippen molar-refractivity contribution < 1.29 is 0 Å². The highest BCUT2D eigenvalue weighted by atomic mass is 14.7. The smallest absolute Gasteiger partial charge is 0.0720 e. The van der Waals surface area contributed by atoms with Crippen LogP contribution in [0.3, 0.4) is 0 Å². The molecule has 12 rings (SSSR count). The van der Waals surface area contributed by atoms with Crippen LogP contribution in [0, 0.1) is 0 Å². The predicted molar refractivity (Wildman–Crippen MR) is 239 cm³/mol. The van der Waals surface area contributed by atoms with E-state index in [1.54, 1.807) is 0 Å². The van der Waals surface area contributed by atoms with Crippen LogP contribution < -0.4 is 0 Å². The molecule has 0 fully saturated rings. The number of para-hydroxylation sites is 1. The molecule has 1 heteroatoms. The summed E-state index contributed by atoms with van der Waals surface area (Å²) < 4.78 is 0. The molecule has 270 valence electrons. The van der Waals surface area contributed by atoms with E-state index in [0.717, 1.165) is 22.2 Å². The fourth-order valence-electron chi connectivity index (χ4n) is 10.7. The number of pyridine rings is 1. The Labute approximate surface area is 338 Å². The highest BCUT2D eigenvalue weighted by Crippen LogP contribution is 2.65. The molecule has 1 heterocycles. The van der Waals surface area contributed by atoms with Crippen molar-refractivity contribution in [3.8, 4) is 33.5 Å². The van der Waals surface area contributed by atoms with E-state index < -0.39 is 10.8 Å². The topological polar surface area (TPSA) is 12.9 Å². The largest absolute Gasteiger partial charge is 0.248 e. The molecule has 9 aromatic carbocycles. The van der Waals surface area contributed by atoms with E-state index in [1.165, 1.54) is 77.5 Å². The third kappa shape index (κ3) is 4.44. The number of hydrogen-bond acceptors (Lipinski definition) is 1. The summed E-state index contributed by atoms with van der Waals surface area (Å²) in [5, 5.41) is 3.63. The average molecular weight is 736 g/mol. The fourth-order valence-corrected chi connectivity index (χ4v) is 10.7. The lowest BCUT2D eigenvalue weighted by Crippen LogP contribution is -2.44. The zero-order chi connectivity index (χ0) is 38.3. The van der Waals surface area contributed by atoms with Crippen LogP contribution in [0.15, 0.2) is 224 Å². The lowest BCUT2D eigenvalue weighted by atomic mass is 9.52. The summed E-state index contributed by atoms with van der Waals surface area (Å²) in [7, 11) is 0. The molecule has 0 saturated heterocycles. The summed E-state index contributed by atoms with van der Waals surface area (Å²) in [6.07, 6.45) is 0. The second kappa shape index (κ2) is 12.6. The molecule has 1 nitrogen and oxygen atoms in total. The van der Waals surface area contributed by atoms with Crippen LogP contribution in [0.4, 0.5) is 0 Å². The Bertz CT molecular complexity index is 3220. The van der Waals surface area contributed by atoms with Gasteiger partial charge in [0.2, 0.25) is 0 Å². The van der Waals surface area contributed by atoms with Gasteiger partial charge in [-0.05, 0) is 95.7 Å². The minimum Gasteiger partial charge on any atom is -0.248 e. The first-order valence-electron chi connectivity index (χ1n) is 20.2. The van der Waals surface area contributed by atoms with E-state index in [-0.39, 0.29) is 0 Å².